The van der Waals surface area contributed by atoms with Gasteiger partial charge in [-0.15, -0.1) is 10.2 Å². The number of hydrogen-bond donors (Lipinski definition) is 0. The minimum absolute atomic E-state index is 0.115. The lowest BCUT2D eigenvalue weighted by Gasteiger charge is -2.38. The first kappa shape index (κ1) is 18.6. The van der Waals surface area contributed by atoms with Gasteiger partial charge in [0.1, 0.15) is 5.54 Å². The van der Waals surface area contributed by atoms with E-state index in [0.717, 1.165) is 37.7 Å². The Morgan fingerprint density at radius 1 is 1.25 bits per heavy atom. The number of rotatable bonds is 5. The predicted molar refractivity (Wildman–Crippen MR) is 101 cm³/mol. The number of thioether (sulfide) groups is 1. The zero-order chi connectivity index (χ0) is 19.6. The van der Waals surface area contributed by atoms with Crippen LogP contribution >= 0.6 is 11.8 Å². The van der Waals surface area contributed by atoms with Crippen molar-refractivity contribution in [2.75, 3.05) is 19.6 Å². The highest BCUT2D eigenvalue weighted by Crippen LogP contribution is 2.36. The van der Waals surface area contributed by atoms with Crippen LogP contribution in [0.25, 0.3) is 11.5 Å². The molecule has 1 fully saturated rings. The quantitative estimate of drug-likeness (QED) is 0.705. The molecule has 2 heterocycles. The van der Waals surface area contributed by atoms with Crippen molar-refractivity contribution >= 4 is 17.7 Å². The van der Waals surface area contributed by atoms with Gasteiger partial charge in [-0.1, -0.05) is 31.0 Å². The predicted octanol–water partition coefficient (Wildman–Crippen LogP) is 3.24. The molecule has 0 spiro atoms. The Bertz CT molecular complexity index is 917. The second-order valence-electron chi connectivity index (χ2n) is 6.89. The molecule has 1 amide bonds. The summed E-state index contributed by atoms with van der Waals surface area (Å²) in [5.41, 5.74) is 0.0280. The molecule has 0 unspecified atom stereocenters. The van der Waals surface area contributed by atoms with Crippen molar-refractivity contribution in [2.45, 2.75) is 42.9 Å². The van der Waals surface area contributed by atoms with Crippen LogP contribution in [0.1, 0.15) is 32.1 Å². The highest BCUT2D eigenvalue weighted by atomic mass is 32.2. The van der Waals surface area contributed by atoms with E-state index in [1.807, 2.05) is 6.07 Å². The third-order valence-electron chi connectivity index (χ3n) is 5.25. The number of ether oxygens (including phenoxy) is 2. The standard InChI is InChI=1S/C19H20N4O4S/c1-23(19(11-20)7-3-2-4-8-19)16(24)10-28-18-22-21-17(27-18)13-5-6-14-15(9-13)26-12-25-14/h5-6,9H,2-4,7-8,10,12H2,1H3. The first-order valence-electron chi connectivity index (χ1n) is 9.15. The molecule has 1 saturated carbocycles. The summed E-state index contributed by atoms with van der Waals surface area (Å²) in [6.07, 6.45) is 4.52. The summed E-state index contributed by atoms with van der Waals surface area (Å²) >= 11 is 1.17. The van der Waals surface area contributed by atoms with Gasteiger partial charge >= 0.3 is 0 Å². The molecule has 28 heavy (non-hydrogen) atoms. The van der Waals surface area contributed by atoms with E-state index >= 15 is 0 Å². The zero-order valence-electron chi connectivity index (χ0n) is 15.5. The normalized spacial score (nSPS) is 17.1. The summed E-state index contributed by atoms with van der Waals surface area (Å²) in [5, 5.41) is 18.0. The SMILES string of the molecule is CN(C(=O)CSc1nnc(-c2ccc3c(c2)OCO3)o1)C1(C#N)CCCCC1. The first-order chi connectivity index (χ1) is 13.6. The van der Waals surface area contributed by atoms with E-state index in [1.54, 1.807) is 24.1 Å². The van der Waals surface area contributed by atoms with E-state index in [1.165, 1.54) is 11.8 Å². The van der Waals surface area contributed by atoms with Crippen LogP contribution < -0.4 is 9.47 Å². The summed E-state index contributed by atoms with van der Waals surface area (Å²) in [6, 6.07) is 7.75. The number of benzene rings is 1. The van der Waals surface area contributed by atoms with Crippen LogP contribution in [-0.4, -0.2) is 46.1 Å². The first-order valence-corrected chi connectivity index (χ1v) is 10.1. The number of fused-ring (bicyclic) bond motifs is 1. The smallest absolute Gasteiger partial charge is 0.277 e. The largest absolute Gasteiger partial charge is 0.454 e. The van der Waals surface area contributed by atoms with E-state index < -0.39 is 5.54 Å². The molecule has 0 atom stereocenters. The molecule has 8 nitrogen and oxygen atoms in total. The van der Waals surface area contributed by atoms with Crippen LogP contribution in [-0.2, 0) is 4.79 Å². The lowest BCUT2D eigenvalue weighted by atomic mass is 9.81. The molecule has 1 aromatic carbocycles. The highest BCUT2D eigenvalue weighted by Gasteiger charge is 2.38. The number of nitriles is 1. The molecule has 2 aliphatic rings. The highest BCUT2D eigenvalue weighted by molar-refractivity contribution is 7.99. The number of amides is 1. The fourth-order valence-electron chi connectivity index (χ4n) is 3.53. The fraction of sp³-hybridized carbons (Fsp3) is 0.474. The maximum atomic E-state index is 12.6. The van der Waals surface area contributed by atoms with Gasteiger partial charge in [0.25, 0.3) is 5.22 Å². The van der Waals surface area contributed by atoms with Gasteiger partial charge in [0, 0.05) is 12.6 Å². The van der Waals surface area contributed by atoms with E-state index in [0.29, 0.717) is 22.6 Å². The number of carbonyl (C=O) groups excluding carboxylic acids is 1. The summed E-state index contributed by atoms with van der Waals surface area (Å²) in [7, 11) is 1.71. The zero-order valence-corrected chi connectivity index (χ0v) is 16.3. The van der Waals surface area contributed by atoms with E-state index in [4.69, 9.17) is 13.9 Å². The lowest BCUT2D eigenvalue weighted by molar-refractivity contribution is -0.131. The van der Waals surface area contributed by atoms with Gasteiger partial charge in [-0.25, -0.2) is 0 Å². The minimum atomic E-state index is -0.692. The van der Waals surface area contributed by atoms with Crippen molar-refractivity contribution in [3.05, 3.63) is 18.2 Å². The molecule has 9 heteroatoms. The van der Waals surface area contributed by atoms with E-state index in [9.17, 15) is 10.1 Å². The van der Waals surface area contributed by atoms with Crippen molar-refractivity contribution in [1.29, 1.82) is 5.26 Å². The third-order valence-corrected chi connectivity index (χ3v) is 6.05. The Kier molecular flexibility index (Phi) is 5.13. The molecule has 0 N–H and O–H groups in total. The van der Waals surface area contributed by atoms with Gasteiger partial charge in [0.05, 0.1) is 11.8 Å². The van der Waals surface area contributed by atoms with Crippen molar-refractivity contribution in [1.82, 2.24) is 15.1 Å². The van der Waals surface area contributed by atoms with Crippen molar-refractivity contribution in [3.63, 3.8) is 0 Å². The molecule has 1 aliphatic heterocycles. The van der Waals surface area contributed by atoms with E-state index in [2.05, 4.69) is 16.3 Å². The summed E-state index contributed by atoms with van der Waals surface area (Å²) in [5.74, 6) is 1.69. The molecule has 146 valence electrons. The average Bonchev–Trinajstić information content (AvgIpc) is 3.40. The summed E-state index contributed by atoms with van der Waals surface area (Å²) in [6.45, 7) is 0.198. The van der Waals surface area contributed by atoms with Crippen LogP contribution in [0, 0.1) is 11.3 Å². The molecule has 2 aromatic rings. The van der Waals surface area contributed by atoms with Crippen LogP contribution in [0.3, 0.4) is 0 Å². The third kappa shape index (κ3) is 3.52. The molecule has 1 aromatic heterocycles. The molecule has 1 aliphatic carbocycles. The minimum Gasteiger partial charge on any atom is -0.454 e. The van der Waals surface area contributed by atoms with Crippen molar-refractivity contribution in [2.24, 2.45) is 0 Å². The number of nitrogens with zero attached hydrogens (tertiary/aromatic N) is 4. The molecule has 4 rings (SSSR count). The van der Waals surface area contributed by atoms with Crippen LogP contribution in [0.2, 0.25) is 0 Å². The second kappa shape index (κ2) is 7.72. The molecule has 0 saturated heterocycles. The molecule has 0 bridgehead atoms. The fourth-order valence-corrected chi connectivity index (χ4v) is 4.21. The number of aromatic nitrogens is 2. The van der Waals surface area contributed by atoms with Crippen LogP contribution in [0.15, 0.2) is 27.8 Å². The Morgan fingerprint density at radius 2 is 2.04 bits per heavy atom. The van der Waals surface area contributed by atoms with Gasteiger partial charge in [-0.3, -0.25) is 4.79 Å². The monoisotopic (exact) mass is 400 g/mol. The van der Waals surface area contributed by atoms with Gasteiger partial charge < -0.3 is 18.8 Å². The maximum Gasteiger partial charge on any atom is 0.277 e. The topological polar surface area (TPSA) is 101 Å². The Morgan fingerprint density at radius 3 is 2.82 bits per heavy atom. The number of carbonyl (C=O) groups is 1. The van der Waals surface area contributed by atoms with Crippen molar-refractivity contribution in [3.8, 4) is 29.0 Å². The summed E-state index contributed by atoms with van der Waals surface area (Å²) in [4.78, 5) is 14.2. The summed E-state index contributed by atoms with van der Waals surface area (Å²) < 4.78 is 16.3. The molecular formula is C19H20N4O4S. The van der Waals surface area contributed by atoms with Gasteiger partial charge in [0.15, 0.2) is 11.5 Å². The average molecular weight is 400 g/mol. The lowest BCUT2D eigenvalue weighted by Crippen LogP contribution is -2.50. The Hall–Kier alpha value is -2.73. The van der Waals surface area contributed by atoms with Crippen LogP contribution in [0.4, 0.5) is 0 Å². The maximum absolute atomic E-state index is 12.6. The number of hydrogen-bond acceptors (Lipinski definition) is 8. The molecular weight excluding hydrogens is 380 g/mol. The van der Waals surface area contributed by atoms with Gasteiger partial charge in [0.2, 0.25) is 18.6 Å². The Balaban J connectivity index is 1.39. The van der Waals surface area contributed by atoms with Crippen LogP contribution in [0.5, 0.6) is 11.5 Å². The van der Waals surface area contributed by atoms with Gasteiger partial charge in [-0.05, 0) is 31.0 Å². The van der Waals surface area contributed by atoms with E-state index in [-0.39, 0.29) is 18.5 Å². The second-order valence-corrected chi connectivity index (χ2v) is 7.81. The molecule has 0 radical (unpaired) electrons. The van der Waals surface area contributed by atoms with Crippen molar-refractivity contribution < 1.29 is 18.7 Å². The Labute approximate surface area is 166 Å². The van der Waals surface area contributed by atoms with Gasteiger partial charge in [-0.2, -0.15) is 5.26 Å².